The van der Waals surface area contributed by atoms with Gasteiger partial charge in [-0.05, 0) is 56.4 Å². The monoisotopic (exact) mass is 360 g/mol. The predicted molar refractivity (Wildman–Crippen MR) is 104 cm³/mol. The van der Waals surface area contributed by atoms with E-state index in [1.54, 1.807) is 18.2 Å². The zero-order chi connectivity index (χ0) is 19.4. The molecule has 144 valence electrons. The quantitative estimate of drug-likeness (QED) is 0.294. The first-order valence-corrected chi connectivity index (χ1v) is 9.58. The average Bonchev–Trinajstić information content (AvgIpc) is 2.62. The van der Waals surface area contributed by atoms with E-state index in [1.165, 1.54) is 6.07 Å². The molecule has 0 radical (unpaired) electrons. The summed E-state index contributed by atoms with van der Waals surface area (Å²) in [5.41, 5.74) is 0.727. The van der Waals surface area contributed by atoms with Gasteiger partial charge >= 0.3 is 11.9 Å². The number of rotatable bonds is 11. The van der Waals surface area contributed by atoms with Crippen molar-refractivity contribution in [2.75, 3.05) is 6.61 Å². The third kappa shape index (κ3) is 8.84. The van der Waals surface area contributed by atoms with Crippen LogP contribution in [0.4, 0.5) is 0 Å². The lowest BCUT2D eigenvalue weighted by atomic mass is 10.1. The van der Waals surface area contributed by atoms with Crippen LogP contribution in [0.3, 0.4) is 0 Å². The van der Waals surface area contributed by atoms with Crippen LogP contribution in [-0.4, -0.2) is 24.6 Å². The second-order valence-corrected chi connectivity index (χ2v) is 6.93. The van der Waals surface area contributed by atoms with Gasteiger partial charge in [0.1, 0.15) is 6.10 Å². The van der Waals surface area contributed by atoms with Crippen LogP contribution in [0.25, 0.3) is 0 Å². The molecule has 0 heterocycles. The van der Waals surface area contributed by atoms with Gasteiger partial charge in [-0.3, -0.25) is 0 Å². The lowest BCUT2D eigenvalue weighted by Gasteiger charge is -2.10. The molecule has 1 rings (SSSR count). The lowest BCUT2D eigenvalue weighted by molar-refractivity contribution is 0.0424. The summed E-state index contributed by atoms with van der Waals surface area (Å²) in [6, 6.07) is 6.49. The van der Waals surface area contributed by atoms with Crippen LogP contribution in [-0.2, 0) is 9.47 Å². The van der Waals surface area contributed by atoms with E-state index in [-0.39, 0.29) is 6.10 Å². The Bertz CT molecular complexity index is 590. The minimum atomic E-state index is -0.438. The number of hydrogen-bond acceptors (Lipinski definition) is 4. The molecule has 0 spiro atoms. The Morgan fingerprint density at radius 3 is 2.42 bits per heavy atom. The molecule has 26 heavy (non-hydrogen) atoms. The molecule has 0 saturated heterocycles. The Labute approximate surface area is 157 Å². The molecule has 0 N–H and O–H groups in total. The van der Waals surface area contributed by atoms with Crippen LogP contribution < -0.4 is 0 Å². The first-order chi connectivity index (χ1) is 12.4. The summed E-state index contributed by atoms with van der Waals surface area (Å²) in [7, 11) is 0. The summed E-state index contributed by atoms with van der Waals surface area (Å²) in [5, 5.41) is 0. The number of ether oxygens (including phenoxy) is 2. The van der Waals surface area contributed by atoms with E-state index in [0.29, 0.717) is 23.7 Å². The van der Waals surface area contributed by atoms with Gasteiger partial charge in [0.05, 0.1) is 17.7 Å². The van der Waals surface area contributed by atoms with Gasteiger partial charge in [0.25, 0.3) is 0 Å². The van der Waals surface area contributed by atoms with Gasteiger partial charge in [-0.1, -0.05) is 45.8 Å². The number of carbonyl (C=O) groups is 2. The SMILES string of the molecule is CCCC/C=C/C(C)OC(=O)c1cccc(C(=O)OCCCC(C)C)c1. The summed E-state index contributed by atoms with van der Waals surface area (Å²) < 4.78 is 10.7. The van der Waals surface area contributed by atoms with Gasteiger partial charge in [-0.15, -0.1) is 0 Å². The van der Waals surface area contributed by atoms with Crippen LogP contribution >= 0.6 is 0 Å². The first-order valence-electron chi connectivity index (χ1n) is 9.58. The Morgan fingerprint density at radius 1 is 1.08 bits per heavy atom. The fraction of sp³-hybridized carbons (Fsp3) is 0.545. The van der Waals surface area contributed by atoms with Crippen molar-refractivity contribution in [2.45, 2.75) is 65.9 Å². The van der Waals surface area contributed by atoms with Crippen LogP contribution in [0, 0.1) is 5.92 Å². The maximum absolute atomic E-state index is 12.2. The van der Waals surface area contributed by atoms with Gasteiger partial charge in [0.15, 0.2) is 0 Å². The largest absolute Gasteiger partial charge is 0.462 e. The molecule has 0 amide bonds. The minimum Gasteiger partial charge on any atom is -0.462 e. The molecular weight excluding hydrogens is 328 g/mol. The predicted octanol–water partition coefficient (Wildman–Crippen LogP) is 5.57. The molecule has 0 bridgehead atoms. The van der Waals surface area contributed by atoms with Crippen molar-refractivity contribution in [3.8, 4) is 0 Å². The minimum absolute atomic E-state index is 0.300. The van der Waals surface area contributed by atoms with Gasteiger partial charge in [0.2, 0.25) is 0 Å². The highest BCUT2D eigenvalue weighted by atomic mass is 16.5. The molecule has 0 aliphatic carbocycles. The summed E-state index contributed by atoms with van der Waals surface area (Å²) in [5.74, 6) is -0.257. The highest BCUT2D eigenvalue weighted by molar-refractivity contribution is 5.95. The Hall–Kier alpha value is -2.10. The number of hydrogen-bond donors (Lipinski definition) is 0. The fourth-order valence-electron chi connectivity index (χ4n) is 2.40. The smallest absolute Gasteiger partial charge is 0.338 e. The zero-order valence-electron chi connectivity index (χ0n) is 16.5. The van der Waals surface area contributed by atoms with Crippen LogP contribution in [0.5, 0.6) is 0 Å². The van der Waals surface area contributed by atoms with Crippen LogP contribution in [0.15, 0.2) is 36.4 Å². The van der Waals surface area contributed by atoms with Gasteiger partial charge in [0, 0.05) is 0 Å². The fourth-order valence-corrected chi connectivity index (χ4v) is 2.40. The van der Waals surface area contributed by atoms with Gasteiger partial charge < -0.3 is 9.47 Å². The zero-order valence-corrected chi connectivity index (χ0v) is 16.5. The third-order valence-corrected chi connectivity index (χ3v) is 3.92. The molecule has 1 unspecified atom stereocenters. The molecule has 0 aliphatic heterocycles. The molecule has 1 aromatic carbocycles. The van der Waals surface area contributed by atoms with Crippen molar-refractivity contribution >= 4 is 11.9 Å². The summed E-state index contributed by atoms with van der Waals surface area (Å²) in [4.78, 5) is 24.3. The topological polar surface area (TPSA) is 52.6 Å². The Balaban J connectivity index is 2.55. The van der Waals surface area contributed by atoms with E-state index in [1.807, 2.05) is 19.1 Å². The Kier molecular flexibility index (Phi) is 10.4. The Morgan fingerprint density at radius 2 is 1.77 bits per heavy atom. The first kappa shape index (κ1) is 21.9. The molecule has 0 saturated carbocycles. The molecule has 1 aromatic rings. The summed E-state index contributed by atoms with van der Waals surface area (Å²) in [6.45, 7) is 8.63. The highest BCUT2D eigenvalue weighted by Gasteiger charge is 2.14. The van der Waals surface area contributed by atoms with E-state index in [9.17, 15) is 9.59 Å². The molecule has 4 nitrogen and oxygen atoms in total. The van der Waals surface area contributed by atoms with E-state index >= 15 is 0 Å². The van der Waals surface area contributed by atoms with E-state index < -0.39 is 11.9 Å². The second-order valence-electron chi connectivity index (χ2n) is 6.93. The van der Waals surface area contributed by atoms with Crippen molar-refractivity contribution in [1.29, 1.82) is 0 Å². The number of benzene rings is 1. The normalized spacial score (nSPS) is 12.3. The molecular formula is C22H32O4. The highest BCUT2D eigenvalue weighted by Crippen LogP contribution is 2.11. The molecule has 4 heteroatoms. The van der Waals surface area contributed by atoms with Gasteiger partial charge in [-0.25, -0.2) is 9.59 Å². The van der Waals surface area contributed by atoms with Crippen molar-refractivity contribution in [3.63, 3.8) is 0 Å². The van der Waals surface area contributed by atoms with E-state index in [4.69, 9.17) is 9.47 Å². The second kappa shape index (κ2) is 12.3. The summed E-state index contributed by atoms with van der Waals surface area (Å²) >= 11 is 0. The lowest BCUT2D eigenvalue weighted by Crippen LogP contribution is -2.14. The van der Waals surface area contributed by atoms with E-state index in [2.05, 4.69) is 20.8 Å². The average molecular weight is 360 g/mol. The maximum atomic E-state index is 12.2. The van der Waals surface area contributed by atoms with Crippen LogP contribution in [0.1, 0.15) is 80.5 Å². The van der Waals surface area contributed by atoms with Gasteiger partial charge in [-0.2, -0.15) is 0 Å². The number of esters is 2. The maximum Gasteiger partial charge on any atom is 0.338 e. The molecule has 1 atom stereocenters. The molecule has 0 aromatic heterocycles. The van der Waals surface area contributed by atoms with Crippen molar-refractivity contribution < 1.29 is 19.1 Å². The summed E-state index contributed by atoms with van der Waals surface area (Å²) in [6.07, 6.45) is 8.72. The molecule has 0 fully saturated rings. The van der Waals surface area contributed by atoms with E-state index in [0.717, 1.165) is 32.1 Å². The number of unbranched alkanes of at least 4 members (excludes halogenated alkanes) is 2. The standard InChI is InChI=1S/C22H32O4/c1-5-6-7-8-12-18(4)26-22(24)20-14-9-13-19(16-20)21(23)25-15-10-11-17(2)3/h8-9,12-14,16-18H,5-7,10-11,15H2,1-4H3/b12-8+. The van der Waals surface area contributed by atoms with Crippen LogP contribution in [0.2, 0.25) is 0 Å². The molecule has 0 aliphatic rings. The van der Waals surface area contributed by atoms with Crippen molar-refractivity contribution in [1.82, 2.24) is 0 Å². The number of allylic oxidation sites excluding steroid dienone is 1. The number of carbonyl (C=O) groups excluding carboxylic acids is 2. The van der Waals surface area contributed by atoms with Crippen molar-refractivity contribution in [3.05, 3.63) is 47.5 Å². The third-order valence-electron chi connectivity index (χ3n) is 3.92. The van der Waals surface area contributed by atoms with Crippen molar-refractivity contribution in [2.24, 2.45) is 5.92 Å².